The number of aliphatic hydroxyl groups is 2. The zero-order valence-electron chi connectivity index (χ0n) is 18.3. The molecule has 0 unspecified atom stereocenters. The molecule has 0 aliphatic carbocycles. The number of carboxylic acid groups (broad SMARTS) is 1. The summed E-state index contributed by atoms with van der Waals surface area (Å²) < 4.78 is 0. The van der Waals surface area contributed by atoms with Crippen molar-refractivity contribution in [2.75, 3.05) is 19.6 Å². The first-order valence-electron chi connectivity index (χ1n) is 11.5. The van der Waals surface area contributed by atoms with Crippen LogP contribution in [0.15, 0.2) is 0 Å². The molecular formula is C22H48N2O4. The number of aliphatic carboxylic acids is 1. The highest BCUT2D eigenvalue weighted by molar-refractivity contribution is 5.66. The molecule has 0 heterocycles. The Morgan fingerprint density at radius 3 is 1.50 bits per heavy atom. The van der Waals surface area contributed by atoms with Crippen molar-refractivity contribution in [2.24, 2.45) is 5.73 Å². The van der Waals surface area contributed by atoms with Crippen LogP contribution >= 0.6 is 0 Å². The van der Waals surface area contributed by atoms with Crippen molar-refractivity contribution in [3.8, 4) is 0 Å². The van der Waals surface area contributed by atoms with Gasteiger partial charge in [-0.2, -0.15) is 0 Å². The Hall–Kier alpha value is -0.690. The Kier molecular flexibility index (Phi) is 27.7. The van der Waals surface area contributed by atoms with Gasteiger partial charge in [-0.15, -0.1) is 0 Å². The van der Waals surface area contributed by atoms with Crippen LogP contribution in [0.3, 0.4) is 0 Å². The maximum absolute atomic E-state index is 10.3. The van der Waals surface area contributed by atoms with Crippen LogP contribution in [0.2, 0.25) is 0 Å². The van der Waals surface area contributed by atoms with Gasteiger partial charge in [0.25, 0.3) is 0 Å². The largest absolute Gasteiger partial charge is 0.481 e. The normalized spacial score (nSPS) is 10.8. The molecule has 0 aliphatic heterocycles. The lowest BCUT2D eigenvalue weighted by atomic mass is 10.0. The summed E-state index contributed by atoms with van der Waals surface area (Å²) in [7, 11) is 0. The maximum Gasteiger partial charge on any atom is 0.303 e. The lowest BCUT2D eigenvalue weighted by Crippen LogP contribution is -2.30. The average Bonchev–Trinajstić information content (AvgIpc) is 2.65. The number of rotatable bonds is 20. The molecule has 6 nitrogen and oxygen atoms in total. The van der Waals surface area contributed by atoms with E-state index in [2.05, 4.69) is 12.2 Å². The Labute approximate surface area is 173 Å². The molecule has 0 amide bonds. The molecule has 0 spiro atoms. The Balaban J connectivity index is 0. The van der Waals surface area contributed by atoms with E-state index in [1.165, 1.54) is 83.5 Å². The molecule has 0 saturated heterocycles. The second-order valence-corrected chi connectivity index (χ2v) is 7.57. The molecule has 6 heteroatoms. The minimum absolute atomic E-state index is 0.192. The van der Waals surface area contributed by atoms with Gasteiger partial charge in [-0.1, -0.05) is 96.8 Å². The topological polar surface area (TPSA) is 116 Å². The van der Waals surface area contributed by atoms with Gasteiger partial charge in [0.1, 0.15) is 0 Å². The summed E-state index contributed by atoms with van der Waals surface area (Å²) in [5.41, 5.74) is 5.09. The summed E-state index contributed by atoms with van der Waals surface area (Å²) in [5.74, 6) is -0.653. The summed E-state index contributed by atoms with van der Waals surface area (Å²) in [4.78, 5) is 10.3. The fourth-order valence-electron chi connectivity index (χ4n) is 2.98. The lowest BCUT2D eigenvalue weighted by molar-refractivity contribution is -0.137. The van der Waals surface area contributed by atoms with E-state index in [0.29, 0.717) is 19.5 Å². The third-order valence-electron chi connectivity index (χ3n) is 4.64. The number of aliphatic hydroxyl groups excluding tert-OH is 1. The molecule has 170 valence electrons. The summed E-state index contributed by atoms with van der Waals surface area (Å²) in [6.45, 7) is 3.60. The SMILES string of the molecule is CCCCCCCCCCCCCCCCCC(=O)O.NCCNCC(O)O. The van der Waals surface area contributed by atoms with Gasteiger partial charge in [-0.3, -0.25) is 4.79 Å². The molecule has 0 aromatic rings. The summed E-state index contributed by atoms with van der Waals surface area (Å²) in [5, 5.41) is 27.7. The highest BCUT2D eigenvalue weighted by Crippen LogP contribution is 2.13. The van der Waals surface area contributed by atoms with E-state index < -0.39 is 12.3 Å². The molecule has 0 atom stereocenters. The van der Waals surface area contributed by atoms with E-state index in [4.69, 9.17) is 21.1 Å². The van der Waals surface area contributed by atoms with Gasteiger partial charge >= 0.3 is 5.97 Å². The third kappa shape index (κ3) is 32.9. The highest BCUT2D eigenvalue weighted by Gasteiger charge is 1.97. The molecule has 0 bridgehead atoms. The Bertz CT molecular complexity index is 302. The molecule has 0 fully saturated rings. The fourth-order valence-corrected chi connectivity index (χ4v) is 2.98. The minimum atomic E-state index is -1.26. The Morgan fingerprint density at radius 1 is 0.786 bits per heavy atom. The molecule has 0 rings (SSSR count). The van der Waals surface area contributed by atoms with Crippen molar-refractivity contribution in [2.45, 2.75) is 116 Å². The number of carboxylic acids is 1. The van der Waals surface area contributed by atoms with Crippen molar-refractivity contribution in [1.82, 2.24) is 5.32 Å². The van der Waals surface area contributed by atoms with E-state index in [1.54, 1.807) is 0 Å². The average molecular weight is 405 g/mol. The number of nitrogens with one attached hydrogen (secondary N) is 1. The first kappa shape index (κ1) is 29.5. The first-order chi connectivity index (χ1) is 13.5. The first-order valence-corrected chi connectivity index (χ1v) is 11.5. The minimum Gasteiger partial charge on any atom is -0.481 e. The molecular weight excluding hydrogens is 356 g/mol. The van der Waals surface area contributed by atoms with Gasteiger partial charge < -0.3 is 26.4 Å². The van der Waals surface area contributed by atoms with Gasteiger partial charge in [-0.25, -0.2) is 0 Å². The molecule has 0 aromatic heterocycles. The fraction of sp³-hybridized carbons (Fsp3) is 0.955. The molecule has 0 saturated carbocycles. The van der Waals surface area contributed by atoms with Gasteiger partial charge in [0.2, 0.25) is 0 Å². The predicted molar refractivity (Wildman–Crippen MR) is 117 cm³/mol. The van der Waals surface area contributed by atoms with Crippen LogP contribution in [0, 0.1) is 0 Å². The molecule has 28 heavy (non-hydrogen) atoms. The van der Waals surface area contributed by atoms with Gasteiger partial charge in [0.15, 0.2) is 6.29 Å². The van der Waals surface area contributed by atoms with Crippen LogP contribution in [-0.2, 0) is 4.79 Å². The maximum atomic E-state index is 10.3. The van der Waals surface area contributed by atoms with Crippen LogP contribution in [-0.4, -0.2) is 47.2 Å². The standard InChI is InChI=1S/C18H36O2.C4H12N2O2/c1-2-3-4-5-6-7-8-9-10-11-12-13-14-15-16-17-18(19)20;5-1-2-6-3-4(7)8/h2-17H2,1H3,(H,19,20);4,6-8H,1-3,5H2. The van der Waals surface area contributed by atoms with Crippen molar-refractivity contribution in [3.63, 3.8) is 0 Å². The Morgan fingerprint density at radius 2 is 1.18 bits per heavy atom. The molecule has 0 aromatic carbocycles. The third-order valence-corrected chi connectivity index (χ3v) is 4.64. The van der Waals surface area contributed by atoms with Crippen LogP contribution in [0.1, 0.15) is 110 Å². The van der Waals surface area contributed by atoms with Crippen molar-refractivity contribution < 1.29 is 20.1 Å². The van der Waals surface area contributed by atoms with Crippen LogP contribution < -0.4 is 11.1 Å². The van der Waals surface area contributed by atoms with Crippen molar-refractivity contribution >= 4 is 5.97 Å². The quantitative estimate of drug-likeness (QED) is 0.154. The highest BCUT2D eigenvalue weighted by atomic mass is 16.5. The number of hydrogen-bond donors (Lipinski definition) is 5. The van der Waals surface area contributed by atoms with Crippen LogP contribution in [0.4, 0.5) is 0 Å². The zero-order chi connectivity index (χ0) is 21.3. The molecule has 6 N–H and O–H groups in total. The molecule has 0 radical (unpaired) electrons. The predicted octanol–water partition coefficient (Wildman–Crippen LogP) is 4.18. The second kappa shape index (κ2) is 26.3. The van der Waals surface area contributed by atoms with E-state index >= 15 is 0 Å². The number of hydrogen-bond acceptors (Lipinski definition) is 5. The summed E-state index contributed by atoms with van der Waals surface area (Å²) >= 11 is 0. The van der Waals surface area contributed by atoms with Crippen LogP contribution in [0.5, 0.6) is 0 Å². The second-order valence-electron chi connectivity index (χ2n) is 7.57. The van der Waals surface area contributed by atoms with Gasteiger partial charge in [0.05, 0.1) is 0 Å². The zero-order valence-corrected chi connectivity index (χ0v) is 18.3. The van der Waals surface area contributed by atoms with Crippen molar-refractivity contribution in [1.29, 1.82) is 0 Å². The van der Waals surface area contributed by atoms with E-state index in [0.717, 1.165) is 12.8 Å². The number of carbonyl (C=O) groups is 1. The smallest absolute Gasteiger partial charge is 0.303 e. The van der Waals surface area contributed by atoms with Gasteiger partial charge in [-0.05, 0) is 6.42 Å². The number of unbranched alkanes of at least 4 members (excludes halogenated alkanes) is 14. The summed E-state index contributed by atoms with van der Waals surface area (Å²) in [6, 6.07) is 0. The number of nitrogens with two attached hydrogens (primary N) is 1. The van der Waals surface area contributed by atoms with E-state index in [1.807, 2.05) is 0 Å². The van der Waals surface area contributed by atoms with Crippen molar-refractivity contribution in [3.05, 3.63) is 0 Å². The van der Waals surface area contributed by atoms with E-state index in [-0.39, 0.29) is 6.54 Å². The monoisotopic (exact) mass is 404 g/mol. The van der Waals surface area contributed by atoms with Crippen LogP contribution in [0.25, 0.3) is 0 Å². The summed E-state index contributed by atoms with van der Waals surface area (Å²) in [6.07, 6.45) is 18.9. The van der Waals surface area contributed by atoms with E-state index in [9.17, 15) is 4.79 Å². The van der Waals surface area contributed by atoms with Gasteiger partial charge in [0, 0.05) is 26.1 Å². The lowest BCUT2D eigenvalue weighted by Gasteiger charge is -2.03. The molecule has 0 aliphatic rings.